The van der Waals surface area contributed by atoms with E-state index in [0.29, 0.717) is 6.42 Å². The summed E-state index contributed by atoms with van der Waals surface area (Å²) < 4.78 is 5.43. The predicted molar refractivity (Wildman–Crippen MR) is 114 cm³/mol. The van der Waals surface area contributed by atoms with Crippen molar-refractivity contribution in [2.24, 2.45) is 5.73 Å². The maximum Gasteiger partial charge on any atom is 0.237 e. The van der Waals surface area contributed by atoms with Crippen molar-refractivity contribution in [1.82, 2.24) is 5.32 Å². The molecule has 1 aliphatic rings. The Hall–Kier alpha value is -1.95. The summed E-state index contributed by atoms with van der Waals surface area (Å²) in [5.41, 5.74) is 8.21. The summed E-state index contributed by atoms with van der Waals surface area (Å²) in [6.45, 7) is 1.66. The molecule has 148 valence electrons. The van der Waals surface area contributed by atoms with E-state index in [1.807, 2.05) is 54.6 Å². The lowest BCUT2D eigenvalue weighted by Gasteiger charge is -2.22. The van der Waals surface area contributed by atoms with Crippen molar-refractivity contribution in [3.8, 4) is 5.75 Å². The summed E-state index contributed by atoms with van der Waals surface area (Å²) in [5.74, 6) is 0.769. The van der Waals surface area contributed by atoms with Gasteiger partial charge >= 0.3 is 0 Å². The molecule has 3 N–H and O–H groups in total. The van der Waals surface area contributed by atoms with E-state index in [-0.39, 0.29) is 36.8 Å². The number of rotatable bonds is 6. The van der Waals surface area contributed by atoms with Gasteiger partial charge in [0.2, 0.25) is 5.91 Å². The topological polar surface area (TPSA) is 67.6 Å². The number of benzene rings is 2. The van der Waals surface area contributed by atoms with Gasteiger partial charge in [0.1, 0.15) is 5.75 Å². The van der Waals surface area contributed by atoms with Crippen LogP contribution in [0.5, 0.6) is 5.75 Å². The molecule has 3 rings (SSSR count). The first-order chi connectivity index (χ1) is 12.2. The smallest absolute Gasteiger partial charge is 0.237 e. The highest BCUT2D eigenvalue weighted by atomic mass is 35.5. The van der Waals surface area contributed by atoms with Crippen molar-refractivity contribution in [3.63, 3.8) is 0 Å². The number of carbonyl (C=O) groups is 1. The molecule has 1 saturated heterocycles. The summed E-state index contributed by atoms with van der Waals surface area (Å²) in [6.07, 6.45) is 1.46. The second-order valence-electron chi connectivity index (χ2n) is 6.41. The van der Waals surface area contributed by atoms with Crippen LogP contribution in [0.25, 0.3) is 0 Å². The van der Waals surface area contributed by atoms with Crippen LogP contribution in [0.15, 0.2) is 54.6 Å². The lowest BCUT2D eigenvalue weighted by atomic mass is 10.1. The fraction of sp³-hybridized carbons (Fsp3) is 0.350. The van der Waals surface area contributed by atoms with Gasteiger partial charge in [-0.1, -0.05) is 42.5 Å². The van der Waals surface area contributed by atoms with Crippen molar-refractivity contribution >= 4 is 36.4 Å². The Balaban J connectivity index is 0.00000182. The van der Waals surface area contributed by atoms with Crippen molar-refractivity contribution < 1.29 is 9.53 Å². The number of amides is 1. The molecule has 5 nitrogen and oxygen atoms in total. The molecule has 1 heterocycles. The number of carbonyl (C=O) groups excluding carboxylic acids is 1. The minimum atomic E-state index is -0.525. The quantitative estimate of drug-likeness (QED) is 0.766. The number of ether oxygens (including phenoxy) is 1. The molecule has 0 spiro atoms. The van der Waals surface area contributed by atoms with Crippen LogP contribution in [0.1, 0.15) is 12.0 Å². The van der Waals surface area contributed by atoms with E-state index >= 15 is 0 Å². The molecular formula is C20H27Cl2N3O2. The van der Waals surface area contributed by atoms with Gasteiger partial charge in [-0.05, 0) is 30.5 Å². The molecule has 0 bridgehead atoms. The summed E-state index contributed by atoms with van der Waals surface area (Å²) >= 11 is 0. The maximum absolute atomic E-state index is 12.4. The Morgan fingerprint density at radius 2 is 1.85 bits per heavy atom. The Labute approximate surface area is 173 Å². The Kier molecular flexibility index (Phi) is 9.43. The molecule has 1 amide bonds. The van der Waals surface area contributed by atoms with Crippen LogP contribution in [0.4, 0.5) is 5.69 Å². The Morgan fingerprint density at radius 1 is 1.19 bits per heavy atom. The van der Waals surface area contributed by atoms with Crippen LogP contribution >= 0.6 is 24.8 Å². The van der Waals surface area contributed by atoms with E-state index in [1.54, 1.807) is 7.11 Å². The number of para-hydroxylation sites is 2. The third-order valence-corrected chi connectivity index (χ3v) is 4.60. The summed E-state index contributed by atoms with van der Waals surface area (Å²) in [7, 11) is 1.68. The average Bonchev–Trinajstić information content (AvgIpc) is 3.10. The van der Waals surface area contributed by atoms with E-state index in [0.717, 1.165) is 36.5 Å². The monoisotopic (exact) mass is 411 g/mol. The molecule has 7 heteroatoms. The van der Waals surface area contributed by atoms with Crippen LogP contribution in [0, 0.1) is 0 Å². The van der Waals surface area contributed by atoms with E-state index < -0.39 is 6.04 Å². The van der Waals surface area contributed by atoms with E-state index in [9.17, 15) is 4.79 Å². The Morgan fingerprint density at radius 3 is 2.56 bits per heavy atom. The summed E-state index contributed by atoms with van der Waals surface area (Å²) in [4.78, 5) is 14.6. The fourth-order valence-corrected chi connectivity index (χ4v) is 3.26. The standard InChI is InChI=1S/C20H25N3O2.2ClH/c1-25-19-10-6-5-9-18(19)23-12-11-16(14-23)22-20(24)17(21)13-15-7-3-2-4-8-15;;/h2-10,16-17H,11-14,21H2,1H3,(H,22,24);2*1H. The number of halogens is 2. The molecular weight excluding hydrogens is 385 g/mol. The highest BCUT2D eigenvalue weighted by Crippen LogP contribution is 2.30. The number of methoxy groups -OCH3 is 1. The first kappa shape index (κ1) is 23.1. The van der Waals surface area contributed by atoms with E-state index in [4.69, 9.17) is 10.5 Å². The minimum absolute atomic E-state index is 0. The average molecular weight is 412 g/mol. The van der Waals surface area contributed by atoms with Crippen LogP contribution < -0.4 is 20.7 Å². The van der Waals surface area contributed by atoms with Gasteiger partial charge in [0.15, 0.2) is 0 Å². The highest BCUT2D eigenvalue weighted by molar-refractivity contribution is 5.85. The molecule has 1 fully saturated rings. The summed E-state index contributed by atoms with van der Waals surface area (Å²) in [6, 6.07) is 17.4. The second kappa shape index (κ2) is 11.0. The number of nitrogens with zero attached hydrogens (tertiary/aromatic N) is 1. The van der Waals surface area contributed by atoms with Gasteiger partial charge in [-0.3, -0.25) is 4.79 Å². The highest BCUT2D eigenvalue weighted by Gasteiger charge is 2.27. The molecule has 0 aromatic heterocycles. The van der Waals surface area contributed by atoms with Gasteiger partial charge in [0.25, 0.3) is 0 Å². The zero-order valence-electron chi connectivity index (χ0n) is 15.3. The molecule has 2 aromatic rings. The first-order valence-corrected chi connectivity index (χ1v) is 8.65. The van der Waals surface area contributed by atoms with Gasteiger partial charge < -0.3 is 20.7 Å². The van der Waals surface area contributed by atoms with Crippen molar-refractivity contribution in [2.45, 2.75) is 24.9 Å². The lowest BCUT2D eigenvalue weighted by molar-refractivity contribution is -0.122. The molecule has 0 aliphatic carbocycles. The lowest BCUT2D eigenvalue weighted by Crippen LogP contribution is -2.47. The number of hydrogen-bond donors (Lipinski definition) is 2. The van der Waals surface area contributed by atoms with E-state index in [2.05, 4.69) is 10.2 Å². The molecule has 0 radical (unpaired) electrons. The van der Waals surface area contributed by atoms with Gasteiger partial charge in [0, 0.05) is 19.1 Å². The fourth-order valence-electron chi connectivity index (χ4n) is 3.26. The normalized spacial score (nSPS) is 16.7. The molecule has 1 aliphatic heterocycles. The Bertz CT molecular complexity index is 715. The van der Waals surface area contributed by atoms with Crippen LogP contribution in [-0.4, -0.2) is 38.2 Å². The number of hydrogen-bond acceptors (Lipinski definition) is 4. The minimum Gasteiger partial charge on any atom is -0.495 e. The largest absolute Gasteiger partial charge is 0.495 e. The van der Waals surface area contributed by atoms with Gasteiger partial charge in [0.05, 0.1) is 18.8 Å². The summed E-state index contributed by atoms with van der Waals surface area (Å²) in [5, 5.41) is 3.09. The number of anilines is 1. The SMILES string of the molecule is COc1ccccc1N1CCC(NC(=O)C(N)Cc2ccccc2)C1.Cl.Cl. The molecule has 2 unspecified atom stereocenters. The zero-order chi connectivity index (χ0) is 17.6. The van der Waals surface area contributed by atoms with Crippen molar-refractivity contribution in [3.05, 3.63) is 60.2 Å². The maximum atomic E-state index is 12.4. The third kappa shape index (κ3) is 6.03. The molecule has 2 aromatic carbocycles. The first-order valence-electron chi connectivity index (χ1n) is 8.65. The third-order valence-electron chi connectivity index (χ3n) is 4.60. The predicted octanol–water partition coefficient (Wildman–Crippen LogP) is 2.80. The van der Waals surface area contributed by atoms with Gasteiger partial charge in [-0.15, -0.1) is 24.8 Å². The molecule has 27 heavy (non-hydrogen) atoms. The van der Waals surface area contributed by atoms with Crippen LogP contribution in [-0.2, 0) is 11.2 Å². The van der Waals surface area contributed by atoms with Gasteiger partial charge in [-0.25, -0.2) is 0 Å². The van der Waals surface area contributed by atoms with Crippen LogP contribution in [0.2, 0.25) is 0 Å². The number of nitrogens with one attached hydrogen (secondary N) is 1. The van der Waals surface area contributed by atoms with Gasteiger partial charge in [-0.2, -0.15) is 0 Å². The van der Waals surface area contributed by atoms with Crippen molar-refractivity contribution in [2.75, 3.05) is 25.1 Å². The van der Waals surface area contributed by atoms with Crippen molar-refractivity contribution in [1.29, 1.82) is 0 Å². The zero-order valence-corrected chi connectivity index (χ0v) is 17.0. The molecule has 2 atom stereocenters. The molecule has 0 saturated carbocycles. The number of nitrogens with two attached hydrogens (primary N) is 1. The van der Waals surface area contributed by atoms with E-state index in [1.165, 1.54) is 0 Å². The van der Waals surface area contributed by atoms with Crippen LogP contribution in [0.3, 0.4) is 0 Å². The second-order valence-corrected chi connectivity index (χ2v) is 6.41.